The van der Waals surface area contributed by atoms with Crippen molar-refractivity contribution in [2.45, 2.75) is 32.2 Å². The second-order valence-electron chi connectivity index (χ2n) is 6.53. The molecule has 1 amide bonds. The van der Waals surface area contributed by atoms with Crippen molar-refractivity contribution in [1.82, 2.24) is 14.4 Å². The van der Waals surface area contributed by atoms with Gasteiger partial charge in [-0.05, 0) is 31.0 Å². The Morgan fingerprint density at radius 2 is 2.09 bits per heavy atom. The van der Waals surface area contributed by atoms with Gasteiger partial charge in [0.25, 0.3) is 0 Å². The number of likely N-dealkylation sites (N-methyl/N-ethyl adjacent to an activating group) is 1. The van der Waals surface area contributed by atoms with Crippen LogP contribution >= 0.6 is 0 Å². The standard InChI is InChI=1S/C18H23N3O/c1-3-4-10-20-11-9-14-13-7-5-6-8-15(13)21-17(14)16(20)12-19(2)18(21)22/h5-8,16H,3-4,9-12H2,1-2H3. The molecule has 0 radical (unpaired) electrons. The number of aromatic nitrogens is 1. The zero-order chi connectivity index (χ0) is 15.3. The molecule has 0 saturated carbocycles. The molecule has 22 heavy (non-hydrogen) atoms. The maximum Gasteiger partial charge on any atom is 0.328 e. The smallest absolute Gasteiger partial charge is 0.325 e. The van der Waals surface area contributed by atoms with Crippen LogP contribution in [0.1, 0.15) is 37.1 Å². The Labute approximate surface area is 131 Å². The highest BCUT2D eigenvalue weighted by atomic mass is 16.2. The number of nitrogens with zero attached hydrogens (tertiary/aromatic N) is 3. The first-order valence-corrected chi connectivity index (χ1v) is 8.34. The first kappa shape index (κ1) is 13.8. The molecule has 4 nitrogen and oxygen atoms in total. The number of carbonyl (C=O) groups excluding carboxylic acids is 1. The number of unbranched alkanes of at least 4 members (excludes halogenated alkanes) is 1. The van der Waals surface area contributed by atoms with E-state index in [2.05, 4.69) is 30.0 Å². The van der Waals surface area contributed by atoms with Crippen LogP contribution in [0, 0.1) is 0 Å². The summed E-state index contributed by atoms with van der Waals surface area (Å²) in [5, 5.41) is 1.27. The third kappa shape index (κ3) is 1.83. The third-order valence-electron chi connectivity index (χ3n) is 5.19. The molecule has 0 fully saturated rings. The second-order valence-corrected chi connectivity index (χ2v) is 6.53. The Morgan fingerprint density at radius 1 is 1.27 bits per heavy atom. The van der Waals surface area contributed by atoms with Crippen LogP contribution in [0.5, 0.6) is 0 Å². The SMILES string of the molecule is CCCCN1CCc2c3n(c4ccccc24)C(=O)N(C)CC31. The van der Waals surface area contributed by atoms with E-state index in [0.717, 1.165) is 31.6 Å². The van der Waals surface area contributed by atoms with Crippen LogP contribution in [0.25, 0.3) is 10.9 Å². The minimum absolute atomic E-state index is 0.117. The van der Waals surface area contributed by atoms with E-state index in [1.807, 2.05) is 22.6 Å². The van der Waals surface area contributed by atoms with Crippen LogP contribution in [0.4, 0.5) is 4.79 Å². The van der Waals surface area contributed by atoms with Gasteiger partial charge in [0.05, 0.1) is 17.3 Å². The fourth-order valence-corrected chi connectivity index (χ4v) is 4.07. The van der Waals surface area contributed by atoms with Crippen LogP contribution in [-0.4, -0.2) is 47.1 Å². The molecule has 2 aromatic rings. The molecule has 116 valence electrons. The number of benzene rings is 1. The molecule has 1 aromatic carbocycles. The molecule has 0 N–H and O–H groups in total. The Kier molecular flexibility index (Phi) is 3.22. The zero-order valence-corrected chi connectivity index (χ0v) is 13.4. The van der Waals surface area contributed by atoms with E-state index < -0.39 is 0 Å². The zero-order valence-electron chi connectivity index (χ0n) is 13.4. The molecule has 0 bridgehead atoms. The molecule has 4 heteroatoms. The number of amides is 1. The summed E-state index contributed by atoms with van der Waals surface area (Å²) in [5.74, 6) is 0. The van der Waals surface area contributed by atoms with Gasteiger partial charge in [0.15, 0.2) is 0 Å². The van der Waals surface area contributed by atoms with Gasteiger partial charge >= 0.3 is 6.03 Å². The molecule has 0 aliphatic carbocycles. The molecule has 2 aliphatic rings. The van der Waals surface area contributed by atoms with Crippen molar-refractivity contribution in [3.63, 3.8) is 0 Å². The molecule has 2 aliphatic heterocycles. The first-order valence-electron chi connectivity index (χ1n) is 8.34. The summed E-state index contributed by atoms with van der Waals surface area (Å²) < 4.78 is 1.97. The van der Waals surface area contributed by atoms with Gasteiger partial charge in [0, 0.05) is 25.5 Å². The van der Waals surface area contributed by atoms with E-state index in [4.69, 9.17) is 0 Å². The average Bonchev–Trinajstić information content (AvgIpc) is 2.87. The van der Waals surface area contributed by atoms with E-state index >= 15 is 0 Å². The number of carbonyl (C=O) groups is 1. The largest absolute Gasteiger partial charge is 0.328 e. The summed E-state index contributed by atoms with van der Waals surface area (Å²) >= 11 is 0. The molecule has 1 atom stereocenters. The van der Waals surface area contributed by atoms with Gasteiger partial charge in [0.1, 0.15) is 0 Å². The van der Waals surface area contributed by atoms with Gasteiger partial charge in [-0.2, -0.15) is 0 Å². The Balaban J connectivity index is 1.90. The molecular formula is C18H23N3O. The van der Waals surface area contributed by atoms with E-state index in [1.54, 1.807) is 0 Å². The van der Waals surface area contributed by atoms with Crippen molar-refractivity contribution in [3.05, 3.63) is 35.5 Å². The predicted octanol–water partition coefficient (Wildman–Crippen LogP) is 3.25. The molecule has 3 heterocycles. The topological polar surface area (TPSA) is 28.5 Å². The molecular weight excluding hydrogens is 274 g/mol. The second kappa shape index (κ2) is 5.13. The van der Waals surface area contributed by atoms with Gasteiger partial charge in [-0.25, -0.2) is 4.79 Å². The van der Waals surface area contributed by atoms with Crippen LogP contribution in [0.15, 0.2) is 24.3 Å². The van der Waals surface area contributed by atoms with Gasteiger partial charge < -0.3 is 4.90 Å². The Bertz CT molecular complexity index is 733. The van der Waals surface area contributed by atoms with Crippen LogP contribution in [0.2, 0.25) is 0 Å². The average molecular weight is 297 g/mol. The van der Waals surface area contributed by atoms with Gasteiger partial charge in [-0.3, -0.25) is 9.47 Å². The van der Waals surface area contributed by atoms with Crippen molar-refractivity contribution >= 4 is 16.9 Å². The maximum absolute atomic E-state index is 12.7. The maximum atomic E-state index is 12.7. The highest BCUT2D eigenvalue weighted by Gasteiger charge is 2.39. The highest BCUT2D eigenvalue weighted by molar-refractivity contribution is 5.96. The molecule has 0 saturated heterocycles. The Hall–Kier alpha value is -1.81. The van der Waals surface area contributed by atoms with E-state index in [9.17, 15) is 4.79 Å². The predicted molar refractivity (Wildman–Crippen MR) is 88.3 cm³/mol. The normalized spacial score (nSPS) is 21.5. The van der Waals surface area contributed by atoms with E-state index in [0.29, 0.717) is 6.04 Å². The molecule has 1 unspecified atom stereocenters. The number of rotatable bonds is 3. The van der Waals surface area contributed by atoms with Crippen LogP contribution < -0.4 is 0 Å². The van der Waals surface area contributed by atoms with E-state index in [-0.39, 0.29) is 6.03 Å². The van der Waals surface area contributed by atoms with Crippen molar-refractivity contribution in [2.75, 3.05) is 26.7 Å². The lowest BCUT2D eigenvalue weighted by Gasteiger charge is -2.42. The van der Waals surface area contributed by atoms with Crippen molar-refractivity contribution in [2.24, 2.45) is 0 Å². The number of hydrogen-bond acceptors (Lipinski definition) is 2. The van der Waals surface area contributed by atoms with Gasteiger partial charge in [0.2, 0.25) is 0 Å². The van der Waals surface area contributed by atoms with E-state index in [1.165, 1.54) is 29.5 Å². The highest BCUT2D eigenvalue weighted by Crippen LogP contribution is 2.40. The lowest BCUT2D eigenvalue weighted by Crippen LogP contribution is -2.49. The lowest BCUT2D eigenvalue weighted by molar-refractivity contribution is 0.123. The fraction of sp³-hybridized carbons (Fsp3) is 0.500. The summed E-state index contributed by atoms with van der Waals surface area (Å²) in [7, 11) is 1.92. The fourth-order valence-electron chi connectivity index (χ4n) is 4.07. The number of hydrogen-bond donors (Lipinski definition) is 0. The monoisotopic (exact) mass is 297 g/mol. The summed E-state index contributed by atoms with van der Waals surface area (Å²) in [4.78, 5) is 17.2. The van der Waals surface area contributed by atoms with Gasteiger partial charge in [-0.15, -0.1) is 0 Å². The number of para-hydroxylation sites is 1. The van der Waals surface area contributed by atoms with Crippen LogP contribution in [0.3, 0.4) is 0 Å². The molecule has 1 aromatic heterocycles. The Morgan fingerprint density at radius 3 is 2.91 bits per heavy atom. The summed E-state index contributed by atoms with van der Waals surface area (Å²) in [6, 6.07) is 8.83. The number of fused-ring (bicyclic) bond motifs is 3. The quantitative estimate of drug-likeness (QED) is 0.870. The lowest BCUT2D eigenvalue weighted by atomic mass is 9.95. The third-order valence-corrected chi connectivity index (χ3v) is 5.19. The van der Waals surface area contributed by atoms with Crippen molar-refractivity contribution in [3.8, 4) is 0 Å². The minimum atomic E-state index is 0.117. The summed E-state index contributed by atoms with van der Waals surface area (Å²) in [5.41, 5.74) is 3.73. The van der Waals surface area contributed by atoms with Crippen molar-refractivity contribution < 1.29 is 4.79 Å². The van der Waals surface area contributed by atoms with Crippen molar-refractivity contribution in [1.29, 1.82) is 0 Å². The minimum Gasteiger partial charge on any atom is -0.325 e. The first-order chi connectivity index (χ1) is 10.7. The van der Waals surface area contributed by atoms with Crippen LogP contribution in [-0.2, 0) is 6.42 Å². The molecule has 4 rings (SSSR count). The summed E-state index contributed by atoms with van der Waals surface area (Å²) in [6.45, 7) is 5.28. The summed E-state index contributed by atoms with van der Waals surface area (Å²) in [6.07, 6.45) is 3.50. The van der Waals surface area contributed by atoms with Gasteiger partial charge in [-0.1, -0.05) is 31.5 Å². The molecule has 0 spiro atoms.